The van der Waals surface area contributed by atoms with Crippen LogP contribution in [0.25, 0.3) is 0 Å². The number of alkyl halides is 3. The zero-order valence-corrected chi connectivity index (χ0v) is 10.9. The van der Waals surface area contributed by atoms with Crippen molar-refractivity contribution >= 4 is 5.95 Å². The number of ether oxygens (including phenoxy) is 1. The van der Waals surface area contributed by atoms with E-state index in [4.69, 9.17) is 10.5 Å². The Labute approximate surface area is 109 Å². The minimum absolute atomic E-state index is 0.0220. The summed E-state index contributed by atoms with van der Waals surface area (Å²) in [5.74, 6) is 0.237. The smallest absolute Gasteiger partial charge is 0.406 e. The lowest BCUT2D eigenvalue weighted by molar-refractivity contribution is -0.119. The van der Waals surface area contributed by atoms with Crippen molar-refractivity contribution in [2.24, 2.45) is 5.73 Å². The van der Waals surface area contributed by atoms with Crippen molar-refractivity contribution < 1.29 is 17.9 Å². The first-order valence-corrected chi connectivity index (χ1v) is 5.86. The van der Waals surface area contributed by atoms with Crippen LogP contribution in [0.4, 0.5) is 19.1 Å². The molecule has 0 saturated carbocycles. The second-order valence-electron chi connectivity index (χ2n) is 3.91. The summed E-state index contributed by atoms with van der Waals surface area (Å²) in [7, 11) is 0. The van der Waals surface area contributed by atoms with E-state index in [0.717, 1.165) is 4.90 Å². The highest BCUT2D eigenvalue weighted by molar-refractivity contribution is 5.34. The second-order valence-corrected chi connectivity index (χ2v) is 3.91. The van der Waals surface area contributed by atoms with Crippen LogP contribution < -0.4 is 15.4 Å². The molecule has 5 nitrogen and oxygen atoms in total. The van der Waals surface area contributed by atoms with Crippen LogP contribution in [-0.2, 0) is 0 Å². The van der Waals surface area contributed by atoms with E-state index in [1.807, 2.05) is 0 Å². The molecule has 0 aliphatic heterocycles. The molecule has 0 aromatic carbocycles. The maximum atomic E-state index is 12.5. The summed E-state index contributed by atoms with van der Waals surface area (Å²) in [6.45, 7) is 2.78. The van der Waals surface area contributed by atoms with E-state index in [9.17, 15) is 13.2 Å². The molecule has 1 rings (SSSR count). The maximum absolute atomic E-state index is 12.5. The molecule has 1 aromatic rings. The van der Waals surface area contributed by atoms with Gasteiger partial charge in [0.05, 0.1) is 6.61 Å². The molecule has 0 amide bonds. The number of hydrogen-bond acceptors (Lipinski definition) is 5. The first-order valence-electron chi connectivity index (χ1n) is 5.86. The van der Waals surface area contributed by atoms with Crippen molar-refractivity contribution in [1.82, 2.24) is 9.97 Å². The van der Waals surface area contributed by atoms with Gasteiger partial charge < -0.3 is 15.4 Å². The Kier molecular flexibility index (Phi) is 5.34. The third-order valence-corrected chi connectivity index (χ3v) is 2.16. The van der Waals surface area contributed by atoms with Gasteiger partial charge in [-0.05, 0) is 13.8 Å². The van der Waals surface area contributed by atoms with Crippen molar-refractivity contribution in [2.45, 2.75) is 20.0 Å². The van der Waals surface area contributed by atoms with E-state index in [-0.39, 0.29) is 24.9 Å². The average Bonchev–Trinajstić information content (AvgIpc) is 2.26. The fourth-order valence-electron chi connectivity index (χ4n) is 1.51. The molecular weight excluding hydrogens is 261 g/mol. The van der Waals surface area contributed by atoms with Gasteiger partial charge in [0.2, 0.25) is 11.8 Å². The molecule has 0 fully saturated rings. The first-order chi connectivity index (χ1) is 8.85. The summed E-state index contributed by atoms with van der Waals surface area (Å²) in [6.07, 6.45) is -4.34. The van der Waals surface area contributed by atoms with Gasteiger partial charge in [-0.25, -0.2) is 4.98 Å². The quantitative estimate of drug-likeness (QED) is 0.854. The lowest BCUT2D eigenvalue weighted by atomic mass is 10.4. The molecular formula is C11H17F3N4O. The normalized spacial score (nSPS) is 11.5. The summed E-state index contributed by atoms with van der Waals surface area (Å²) in [5.41, 5.74) is 5.86. The minimum atomic E-state index is -4.34. The number of halogens is 3. The number of hydrogen-bond donors (Lipinski definition) is 1. The monoisotopic (exact) mass is 278 g/mol. The predicted octanol–water partition coefficient (Wildman–Crippen LogP) is 1.51. The molecule has 108 valence electrons. The van der Waals surface area contributed by atoms with Crippen LogP contribution in [0.1, 0.15) is 12.6 Å². The van der Waals surface area contributed by atoms with Gasteiger partial charge in [-0.15, -0.1) is 0 Å². The molecule has 0 unspecified atom stereocenters. The van der Waals surface area contributed by atoms with Crippen LogP contribution in [0.2, 0.25) is 0 Å². The lowest BCUT2D eigenvalue weighted by Crippen LogP contribution is -2.38. The van der Waals surface area contributed by atoms with Crippen LogP contribution in [0, 0.1) is 6.92 Å². The topological polar surface area (TPSA) is 64.3 Å². The van der Waals surface area contributed by atoms with Gasteiger partial charge >= 0.3 is 6.18 Å². The Morgan fingerprint density at radius 1 is 1.37 bits per heavy atom. The minimum Gasteiger partial charge on any atom is -0.478 e. The number of rotatable bonds is 6. The van der Waals surface area contributed by atoms with Crippen molar-refractivity contribution in [3.8, 4) is 5.88 Å². The molecule has 0 saturated heterocycles. The highest BCUT2D eigenvalue weighted by atomic mass is 19.4. The van der Waals surface area contributed by atoms with Crippen LogP contribution in [-0.4, -0.2) is 42.4 Å². The van der Waals surface area contributed by atoms with Gasteiger partial charge in [-0.1, -0.05) is 0 Å². The molecule has 0 bridgehead atoms. The van der Waals surface area contributed by atoms with Crippen molar-refractivity contribution in [2.75, 3.05) is 31.1 Å². The molecule has 8 heteroatoms. The van der Waals surface area contributed by atoms with Gasteiger partial charge in [-0.3, -0.25) is 0 Å². The van der Waals surface area contributed by atoms with Gasteiger partial charge in [0.15, 0.2) is 0 Å². The van der Waals surface area contributed by atoms with E-state index in [1.54, 1.807) is 19.9 Å². The Bertz CT molecular complexity index is 411. The third-order valence-electron chi connectivity index (χ3n) is 2.16. The highest BCUT2D eigenvalue weighted by Gasteiger charge is 2.31. The highest BCUT2D eigenvalue weighted by Crippen LogP contribution is 2.21. The van der Waals surface area contributed by atoms with E-state index >= 15 is 0 Å². The van der Waals surface area contributed by atoms with Gasteiger partial charge in [0.25, 0.3) is 0 Å². The standard InChI is InChI=1S/C11H17F3N4O/c1-3-19-9-6-8(2)16-10(17-9)18(5-4-15)7-11(12,13)14/h6H,3-5,7,15H2,1-2H3. The molecule has 2 N–H and O–H groups in total. The Balaban J connectivity index is 3.00. The van der Waals surface area contributed by atoms with Gasteiger partial charge in [0, 0.05) is 24.8 Å². The summed E-state index contributed by atoms with van der Waals surface area (Å²) in [6, 6.07) is 1.57. The zero-order chi connectivity index (χ0) is 14.5. The van der Waals surface area contributed by atoms with E-state index in [1.165, 1.54) is 0 Å². The van der Waals surface area contributed by atoms with Crippen LogP contribution in [0.3, 0.4) is 0 Å². The number of nitrogens with zero attached hydrogens (tertiary/aromatic N) is 3. The Morgan fingerprint density at radius 3 is 2.58 bits per heavy atom. The van der Waals surface area contributed by atoms with Crippen LogP contribution in [0.5, 0.6) is 5.88 Å². The molecule has 0 aliphatic carbocycles. The van der Waals surface area contributed by atoms with E-state index in [0.29, 0.717) is 12.3 Å². The molecule has 0 spiro atoms. The third kappa shape index (κ3) is 5.29. The van der Waals surface area contributed by atoms with Crippen molar-refractivity contribution in [1.29, 1.82) is 0 Å². The SMILES string of the molecule is CCOc1cc(C)nc(N(CCN)CC(F)(F)F)n1. The summed E-state index contributed by atoms with van der Waals surface area (Å²) in [4.78, 5) is 8.96. The molecule has 1 heterocycles. The average molecular weight is 278 g/mol. The van der Waals surface area contributed by atoms with Crippen molar-refractivity contribution in [3.05, 3.63) is 11.8 Å². The summed E-state index contributed by atoms with van der Waals surface area (Å²) < 4.78 is 42.7. The number of aryl methyl sites for hydroxylation is 1. The number of nitrogens with two attached hydrogens (primary N) is 1. The largest absolute Gasteiger partial charge is 0.478 e. The van der Waals surface area contributed by atoms with Crippen LogP contribution >= 0.6 is 0 Å². The lowest BCUT2D eigenvalue weighted by Gasteiger charge is -2.23. The fraction of sp³-hybridized carbons (Fsp3) is 0.636. The molecule has 0 radical (unpaired) electrons. The Hall–Kier alpha value is -1.57. The number of anilines is 1. The zero-order valence-electron chi connectivity index (χ0n) is 10.9. The molecule has 19 heavy (non-hydrogen) atoms. The second kappa shape index (κ2) is 6.55. The number of aromatic nitrogens is 2. The molecule has 1 aromatic heterocycles. The fourth-order valence-corrected chi connectivity index (χ4v) is 1.51. The maximum Gasteiger partial charge on any atom is 0.406 e. The molecule has 0 atom stereocenters. The van der Waals surface area contributed by atoms with Crippen LogP contribution in [0.15, 0.2) is 6.07 Å². The van der Waals surface area contributed by atoms with Gasteiger partial charge in [0.1, 0.15) is 6.54 Å². The predicted molar refractivity (Wildman–Crippen MR) is 65.3 cm³/mol. The van der Waals surface area contributed by atoms with E-state index < -0.39 is 12.7 Å². The first kappa shape index (κ1) is 15.5. The summed E-state index contributed by atoms with van der Waals surface area (Å²) >= 11 is 0. The summed E-state index contributed by atoms with van der Waals surface area (Å²) in [5, 5.41) is 0. The van der Waals surface area contributed by atoms with Crippen molar-refractivity contribution in [3.63, 3.8) is 0 Å². The van der Waals surface area contributed by atoms with E-state index in [2.05, 4.69) is 9.97 Å². The molecule has 0 aliphatic rings. The van der Waals surface area contributed by atoms with Gasteiger partial charge in [-0.2, -0.15) is 18.2 Å². The Morgan fingerprint density at radius 2 is 2.05 bits per heavy atom.